The van der Waals surface area contributed by atoms with Crippen LogP contribution >= 0.6 is 0 Å². The minimum atomic E-state index is -2.82. The van der Waals surface area contributed by atoms with Gasteiger partial charge >= 0.3 is 11.9 Å². The van der Waals surface area contributed by atoms with Crippen molar-refractivity contribution in [3.8, 4) is 0 Å². The maximum absolute atomic E-state index is 12.4. The van der Waals surface area contributed by atoms with Gasteiger partial charge < -0.3 is 13.9 Å². The first kappa shape index (κ1) is 27.6. The normalized spacial score (nSPS) is 24.2. The summed E-state index contributed by atoms with van der Waals surface area (Å²) in [4.78, 5) is 24.7. The Balaban J connectivity index is 2.04. The van der Waals surface area contributed by atoms with Crippen molar-refractivity contribution in [3.05, 3.63) is 85.0 Å². The first-order valence-corrected chi connectivity index (χ1v) is 14.6. The molecule has 0 bridgehead atoms. The first-order chi connectivity index (χ1) is 17.1. The predicted molar refractivity (Wildman–Crippen MR) is 146 cm³/mol. The molecule has 0 saturated heterocycles. The molecule has 0 aromatic heterocycles. The van der Waals surface area contributed by atoms with E-state index in [0.29, 0.717) is 19.3 Å². The maximum atomic E-state index is 12.4. The number of ether oxygens (including phenoxy) is 2. The van der Waals surface area contributed by atoms with Gasteiger partial charge in [-0.1, -0.05) is 93.6 Å². The van der Waals surface area contributed by atoms with Crippen LogP contribution in [0.2, 0.25) is 5.04 Å². The van der Waals surface area contributed by atoms with Gasteiger partial charge in [0.15, 0.2) is 0 Å². The highest BCUT2D eigenvalue weighted by atomic mass is 28.4. The van der Waals surface area contributed by atoms with E-state index in [1.807, 2.05) is 25.1 Å². The fourth-order valence-corrected chi connectivity index (χ4v) is 9.45. The number of hydrogen-bond acceptors (Lipinski definition) is 5. The molecule has 0 saturated carbocycles. The molecule has 0 N–H and O–H groups in total. The molecule has 0 spiro atoms. The zero-order valence-electron chi connectivity index (χ0n) is 22.0. The number of hydrogen-bond donors (Lipinski definition) is 0. The van der Waals surface area contributed by atoms with Crippen LogP contribution in [-0.2, 0) is 23.5 Å². The second-order valence-electron chi connectivity index (χ2n) is 10.4. The Kier molecular flexibility index (Phi) is 9.46. The molecule has 0 aliphatic carbocycles. The highest BCUT2D eigenvalue weighted by Gasteiger charge is 2.51. The predicted octanol–water partition coefficient (Wildman–Crippen LogP) is 5.09. The Hall–Kier alpha value is -2.96. The fourth-order valence-electron chi connectivity index (χ4n) is 4.75. The molecule has 2 aromatic carbocycles. The van der Waals surface area contributed by atoms with Crippen LogP contribution in [-0.4, -0.2) is 38.6 Å². The summed E-state index contributed by atoms with van der Waals surface area (Å²) < 4.78 is 18.4. The van der Waals surface area contributed by atoms with Crippen molar-refractivity contribution in [1.82, 2.24) is 0 Å². The third kappa shape index (κ3) is 7.05. The minimum Gasteiger partial charge on any atom is -0.459 e. The van der Waals surface area contributed by atoms with E-state index in [1.165, 1.54) is 22.5 Å². The summed E-state index contributed by atoms with van der Waals surface area (Å²) >= 11 is 0. The van der Waals surface area contributed by atoms with Gasteiger partial charge in [-0.05, 0) is 35.7 Å². The van der Waals surface area contributed by atoms with Crippen molar-refractivity contribution < 1.29 is 23.5 Å². The van der Waals surface area contributed by atoms with Crippen molar-refractivity contribution in [2.75, 3.05) is 0 Å². The average molecular weight is 507 g/mol. The molecule has 1 aliphatic heterocycles. The van der Waals surface area contributed by atoms with E-state index in [0.717, 1.165) is 0 Å². The summed E-state index contributed by atoms with van der Waals surface area (Å²) in [6.07, 6.45) is 6.83. The molecule has 192 valence electrons. The third-order valence-electron chi connectivity index (χ3n) is 6.36. The molecule has 6 heteroatoms. The van der Waals surface area contributed by atoms with Crippen LogP contribution in [0.5, 0.6) is 0 Å². The van der Waals surface area contributed by atoms with Gasteiger partial charge in [0.05, 0.1) is 6.10 Å². The van der Waals surface area contributed by atoms with E-state index >= 15 is 0 Å². The van der Waals surface area contributed by atoms with Crippen LogP contribution in [0, 0.1) is 0 Å². The van der Waals surface area contributed by atoms with Crippen molar-refractivity contribution in [2.45, 2.75) is 77.2 Å². The Morgan fingerprint density at radius 3 is 1.72 bits per heavy atom. The van der Waals surface area contributed by atoms with Gasteiger partial charge in [-0.3, -0.25) is 0 Å². The van der Waals surface area contributed by atoms with E-state index in [-0.39, 0.29) is 23.4 Å². The van der Waals surface area contributed by atoms with Crippen LogP contribution in [0.4, 0.5) is 0 Å². The molecule has 1 heterocycles. The molecular weight excluding hydrogens is 468 g/mol. The second kappa shape index (κ2) is 12.3. The zero-order valence-corrected chi connectivity index (χ0v) is 23.0. The number of esters is 2. The van der Waals surface area contributed by atoms with Gasteiger partial charge in [0.1, 0.15) is 12.2 Å². The van der Waals surface area contributed by atoms with Crippen molar-refractivity contribution in [1.29, 1.82) is 0 Å². The van der Waals surface area contributed by atoms with Gasteiger partial charge in [-0.2, -0.15) is 0 Å². The summed E-state index contributed by atoms with van der Waals surface area (Å²) in [6.45, 7) is 10.4. The molecule has 2 aromatic rings. The third-order valence-corrected chi connectivity index (χ3v) is 11.5. The number of carbonyl (C=O) groups is 2. The molecule has 1 unspecified atom stereocenters. The summed E-state index contributed by atoms with van der Waals surface area (Å²) in [5.41, 5.74) is 0. The van der Waals surface area contributed by atoms with Crippen LogP contribution < -0.4 is 10.4 Å². The number of benzene rings is 2. The lowest BCUT2D eigenvalue weighted by Crippen LogP contribution is -2.67. The van der Waals surface area contributed by atoms with Crippen LogP contribution in [0.25, 0.3) is 0 Å². The Labute approximate surface area is 216 Å². The Morgan fingerprint density at radius 1 is 0.750 bits per heavy atom. The lowest BCUT2D eigenvalue weighted by atomic mass is 10.1. The summed E-state index contributed by atoms with van der Waals surface area (Å²) in [5, 5.41) is 2.15. The number of cyclic esters (lactones) is 2. The zero-order chi connectivity index (χ0) is 26.2. The van der Waals surface area contributed by atoms with E-state index < -0.39 is 20.3 Å². The maximum Gasteiger partial charge on any atom is 0.330 e. The molecule has 0 amide bonds. The lowest BCUT2D eigenvalue weighted by molar-refractivity contribution is -0.143. The fraction of sp³-hybridized carbons (Fsp3) is 0.400. The number of rotatable bonds is 4. The van der Waals surface area contributed by atoms with Gasteiger partial charge in [0.2, 0.25) is 0 Å². The molecule has 1 aliphatic rings. The monoisotopic (exact) mass is 506 g/mol. The molecular formula is C30H38O5Si. The molecule has 0 radical (unpaired) electrons. The first-order valence-electron chi connectivity index (χ1n) is 12.6. The van der Waals surface area contributed by atoms with Crippen molar-refractivity contribution in [3.63, 3.8) is 0 Å². The summed E-state index contributed by atoms with van der Waals surface area (Å²) in [7, 11) is -2.82. The number of carbonyl (C=O) groups excluding carboxylic acids is 2. The minimum absolute atomic E-state index is 0.199. The van der Waals surface area contributed by atoms with Crippen LogP contribution in [0.15, 0.2) is 85.0 Å². The van der Waals surface area contributed by atoms with Crippen molar-refractivity contribution in [2.24, 2.45) is 0 Å². The Bertz CT molecular complexity index is 1020. The van der Waals surface area contributed by atoms with Crippen LogP contribution in [0.1, 0.15) is 53.9 Å². The topological polar surface area (TPSA) is 61.8 Å². The van der Waals surface area contributed by atoms with Gasteiger partial charge in [0.25, 0.3) is 8.32 Å². The highest BCUT2D eigenvalue weighted by Crippen LogP contribution is 2.38. The highest BCUT2D eigenvalue weighted by molar-refractivity contribution is 6.99. The molecule has 3 atom stereocenters. The molecule has 0 fully saturated rings. The summed E-state index contributed by atoms with van der Waals surface area (Å²) in [5.74, 6) is -0.800. The van der Waals surface area contributed by atoms with E-state index in [9.17, 15) is 9.59 Å². The second-order valence-corrected chi connectivity index (χ2v) is 14.7. The molecule has 3 rings (SSSR count). The smallest absolute Gasteiger partial charge is 0.330 e. The lowest BCUT2D eigenvalue weighted by Gasteiger charge is -2.45. The molecule has 36 heavy (non-hydrogen) atoms. The quantitative estimate of drug-likeness (QED) is 0.427. The van der Waals surface area contributed by atoms with E-state index in [4.69, 9.17) is 13.9 Å². The Morgan fingerprint density at radius 2 is 1.22 bits per heavy atom. The van der Waals surface area contributed by atoms with Gasteiger partial charge in [0, 0.05) is 25.0 Å². The van der Waals surface area contributed by atoms with Crippen molar-refractivity contribution >= 4 is 30.6 Å². The SMILES string of the molecule is CC1C/C=C/C(=O)O[C@H](C)C[C@@H](O[Si](c2ccccc2)(c2ccccc2)C(C)(C)C)C/C=C/C(=O)O1. The van der Waals surface area contributed by atoms with E-state index in [2.05, 4.69) is 69.3 Å². The molecule has 5 nitrogen and oxygen atoms in total. The standard InChI is InChI=1S/C30H38O5Si/c1-23-14-12-20-29(32)34-24(2)22-25(15-13-21-28(31)33-23)35-36(30(3,4)5,26-16-8-6-9-17-26)27-18-10-7-11-19-27/h6-13,16-21,23-25H,14-15,22H2,1-5H3/b20-12+,21-13+/t23?,24-,25+/m1/s1. The largest absolute Gasteiger partial charge is 0.459 e. The van der Waals surface area contributed by atoms with Crippen LogP contribution in [0.3, 0.4) is 0 Å². The van der Waals surface area contributed by atoms with Gasteiger partial charge in [-0.15, -0.1) is 0 Å². The average Bonchev–Trinajstić information content (AvgIpc) is 2.82. The van der Waals surface area contributed by atoms with Gasteiger partial charge in [-0.25, -0.2) is 9.59 Å². The van der Waals surface area contributed by atoms with E-state index in [1.54, 1.807) is 13.0 Å². The summed E-state index contributed by atoms with van der Waals surface area (Å²) in [6, 6.07) is 20.8.